The molecule has 0 N–H and O–H groups in total. The molecule has 2 aromatic heterocycles. The maximum absolute atomic E-state index is 13.0. The number of hydrogen-bond donors (Lipinski definition) is 0. The molecule has 1 aromatic carbocycles. The van der Waals surface area contributed by atoms with Gasteiger partial charge in [0.1, 0.15) is 0 Å². The first-order chi connectivity index (χ1) is 12.2. The first-order valence-corrected chi connectivity index (χ1v) is 10.1. The highest BCUT2D eigenvalue weighted by Crippen LogP contribution is 2.30. The van der Waals surface area contributed by atoms with E-state index in [1.54, 1.807) is 27.6 Å². The molecule has 1 atom stereocenters. The summed E-state index contributed by atoms with van der Waals surface area (Å²) in [5, 5.41) is 3.68. The Hall–Kier alpha value is -1.83. The number of nitrogens with zero attached hydrogens (tertiary/aromatic N) is 3. The third kappa shape index (κ3) is 3.73. The van der Waals surface area contributed by atoms with Crippen LogP contribution in [0.3, 0.4) is 0 Å². The summed E-state index contributed by atoms with van der Waals surface area (Å²) in [4.78, 5) is 23.9. The molecule has 7 heteroatoms. The molecule has 3 heterocycles. The second kappa shape index (κ2) is 7.19. The van der Waals surface area contributed by atoms with Crippen molar-refractivity contribution in [3.05, 3.63) is 40.3 Å². The number of rotatable bonds is 5. The van der Waals surface area contributed by atoms with Crippen LogP contribution < -0.4 is 4.90 Å². The van der Waals surface area contributed by atoms with Gasteiger partial charge in [-0.2, -0.15) is 0 Å². The number of carbonyl (C=O) groups is 1. The highest BCUT2D eigenvalue weighted by molar-refractivity contribution is 7.22. The second-order valence-corrected chi connectivity index (χ2v) is 8.21. The van der Waals surface area contributed by atoms with Gasteiger partial charge >= 0.3 is 0 Å². The average Bonchev–Trinajstić information content (AvgIpc) is 3.32. The van der Waals surface area contributed by atoms with E-state index in [1.807, 2.05) is 36.6 Å². The van der Waals surface area contributed by atoms with Gasteiger partial charge in [-0.05, 0) is 31.9 Å². The van der Waals surface area contributed by atoms with Crippen LogP contribution in [0.4, 0.5) is 5.13 Å². The normalized spacial score (nSPS) is 17.2. The van der Waals surface area contributed by atoms with Gasteiger partial charge in [-0.15, -0.1) is 11.3 Å². The van der Waals surface area contributed by atoms with Gasteiger partial charge in [0, 0.05) is 12.0 Å². The van der Waals surface area contributed by atoms with Crippen molar-refractivity contribution in [1.82, 2.24) is 9.97 Å². The lowest BCUT2D eigenvalue weighted by Crippen LogP contribution is -2.38. The minimum atomic E-state index is 0.0276. The maximum atomic E-state index is 13.0. The minimum Gasteiger partial charge on any atom is -0.376 e. The summed E-state index contributed by atoms with van der Waals surface area (Å²) in [5.41, 5.74) is 1.75. The van der Waals surface area contributed by atoms with Crippen LogP contribution in [0.5, 0.6) is 0 Å². The smallest absolute Gasteiger partial charge is 0.234 e. The van der Waals surface area contributed by atoms with Gasteiger partial charge in [0.2, 0.25) is 5.91 Å². The number of aromatic nitrogens is 2. The van der Waals surface area contributed by atoms with Gasteiger partial charge in [-0.3, -0.25) is 9.69 Å². The Bertz CT molecular complexity index is 850. The van der Waals surface area contributed by atoms with Gasteiger partial charge in [0.05, 0.1) is 40.0 Å². The minimum absolute atomic E-state index is 0.0276. The molecule has 5 nitrogen and oxygen atoms in total. The number of carbonyl (C=O) groups excluding carboxylic acids is 1. The molecular formula is C18H19N3O2S2. The number of benzene rings is 1. The Kier molecular flexibility index (Phi) is 4.78. The summed E-state index contributed by atoms with van der Waals surface area (Å²) in [6.07, 6.45) is 2.43. The molecule has 1 aliphatic heterocycles. The van der Waals surface area contributed by atoms with Gasteiger partial charge in [-0.25, -0.2) is 9.97 Å². The van der Waals surface area contributed by atoms with Gasteiger partial charge in [0.25, 0.3) is 0 Å². The van der Waals surface area contributed by atoms with Crippen LogP contribution in [0, 0.1) is 6.92 Å². The number of hydrogen-bond acceptors (Lipinski definition) is 6. The van der Waals surface area contributed by atoms with E-state index in [4.69, 9.17) is 4.74 Å². The van der Waals surface area contributed by atoms with Crippen molar-refractivity contribution in [3.63, 3.8) is 0 Å². The highest BCUT2D eigenvalue weighted by Gasteiger charge is 2.26. The molecule has 3 aromatic rings. The van der Waals surface area contributed by atoms with Crippen LogP contribution in [-0.4, -0.2) is 35.1 Å². The molecular weight excluding hydrogens is 354 g/mol. The molecule has 1 saturated heterocycles. The molecule has 0 saturated carbocycles. The molecule has 130 valence electrons. The molecule has 0 unspecified atom stereocenters. The molecule has 1 aliphatic rings. The number of para-hydroxylation sites is 1. The van der Waals surface area contributed by atoms with Crippen molar-refractivity contribution in [2.45, 2.75) is 32.3 Å². The largest absolute Gasteiger partial charge is 0.376 e. The molecule has 4 rings (SSSR count). The van der Waals surface area contributed by atoms with Crippen LogP contribution in [0.25, 0.3) is 10.2 Å². The van der Waals surface area contributed by atoms with Gasteiger partial charge in [-0.1, -0.05) is 23.5 Å². The lowest BCUT2D eigenvalue weighted by atomic mass is 10.2. The van der Waals surface area contributed by atoms with Gasteiger partial charge in [0.15, 0.2) is 5.13 Å². The summed E-state index contributed by atoms with van der Waals surface area (Å²) >= 11 is 3.12. The quantitative estimate of drug-likeness (QED) is 0.682. The summed E-state index contributed by atoms with van der Waals surface area (Å²) in [7, 11) is 0. The third-order valence-corrected chi connectivity index (χ3v) is 6.11. The number of aryl methyl sites for hydroxylation is 1. The first-order valence-electron chi connectivity index (χ1n) is 8.37. The Morgan fingerprint density at radius 3 is 2.96 bits per heavy atom. The Morgan fingerprint density at radius 1 is 1.36 bits per heavy atom. The zero-order valence-electron chi connectivity index (χ0n) is 14.0. The Balaban J connectivity index is 1.61. The third-order valence-electron chi connectivity index (χ3n) is 4.22. The molecule has 25 heavy (non-hydrogen) atoms. The summed E-state index contributed by atoms with van der Waals surface area (Å²) in [5.74, 6) is 0.0276. The van der Waals surface area contributed by atoms with E-state index in [-0.39, 0.29) is 12.0 Å². The molecule has 0 bridgehead atoms. The first kappa shape index (κ1) is 16.6. The fourth-order valence-electron chi connectivity index (χ4n) is 2.99. The van der Waals surface area contributed by atoms with E-state index >= 15 is 0 Å². The lowest BCUT2D eigenvalue weighted by molar-refractivity contribution is -0.118. The molecule has 0 spiro atoms. The Morgan fingerprint density at radius 2 is 2.24 bits per heavy atom. The van der Waals surface area contributed by atoms with Crippen LogP contribution in [-0.2, 0) is 16.0 Å². The van der Waals surface area contributed by atoms with E-state index in [0.29, 0.717) is 13.0 Å². The average molecular weight is 374 g/mol. The van der Waals surface area contributed by atoms with E-state index in [1.165, 1.54) is 0 Å². The Labute approximate surface area is 154 Å². The van der Waals surface area contributed by atoms with Crippen molar-refractivity contribution in [3.8, 4) is 0 Å². The molecule has 0 radical (unpaired) electrons. The fraction of sp³-hybridized carbons (Fsp3) is 0.389. The van der Waals surface area contributed by atoms with E-state index in [0.717, 1.165) is 45.5 Å². The van der Waals surface area contributed by atoms with Crippen molar-refractivity contribution in [2.75, 3.05) is 18.1 Å². The summed E-state index contributed by atoms with van der Waals surface area (Å²) < 4.78 is 6.84. The van der Waals surface area contributed by atoms with Gasteiger partial charge < -0.3 is 4.74 Å². The molecule has 1 amide bonds. The topological polar surface area (TPSA) is 55.3 Å². The van der Waals surface area contributed by atoms with Crippen molar-refractivity contribution < 1.29 is 9.53 Å². The highest BCUT2D eigenvalue weighted by atomic mass is 32.1. The van der Waals surface area contributed by atoms with Crippen molar-refractivity contribution in [1.29, 1.82) is 0 Å². The number of fused-ring (bicyclic) bond motifs is 1. The van der Waals surface area contributed by atoms with Crippen molar-refractivity contribution in [2.24, 2.45) is 0 Å². The molecule has 1 fully saturated rings. The number of anilines is 1. The molecule has 0 aliphatic carbocycles. The second-order valence-electron chi connectivity index (χ2n) is 6.14. The lowest BCUT2D eigenvalue weighted by Gasteiger charge is -2.22. The van der Waals surface area contributed by atoms with E-state index in [2.05, 4.69) is 9.97 Å². The maximum Gasteiger partial charge on any atom is 0.234 e. The van der Waals surface area contributed by atoms with Crippen molar-refractivity contribution >= 4 is 43.9 Å². The summed E-state index contributed by atoms with van der Waals surface area (Å²) in [6, 6.07) is 7.98. The fourth-order valence-corrected chi connectivity index (χ4v) is 4.60. The zero-order chi connectivity index (χ0) is 17.2. The SMILES string of the molecule is Cc1nc(CC(=O)N(C[C@@H]2CCCO2)c2nc3ccccc3s2)cs1. The van der Waals surface area contributed by atoms with Crippen LogP contribution in [0.2, 0.25) is 0 Å². The monoisotopic (exact) mass is 373 g/mol. The predicted molar refractivity (Wildman–Crippen MR) is 102 cm³/mol. The summed E-state index contributed by atoms with van der Waals surface area (Å²) in [6.45, 7) is 3.29. The van der Waals surface area contributed by atoms with E-state index in [9.17, 15) is 4.79 Å². The number of thiazole rings is 2. The zero-order valence-corrected chi connectivity index (χ0v) is 15.6. The van der Waals surface area contributed by atoms with Crippen LogP contribution in [0.1, 0.15) is 23.5 Å². The van der Waals surface area contributed by atoms with E-state index < -0.39 is 0 Å². The van der Waals surface area contributed by atoms with Crippen LogP contribution >= 0.6 is 22.7 Å². The number of amides is 1. The standard InChI is InChI=1S/C18H19N3O2S2/c1-12-19-13(11-24-12)9-17(22)21(10-14-5-4-8-23-14)18-20-15-6-2-3-7-16(15)25-18/h2-3,6-7,11,14H,4-5,8-10H2,1H3/t14-/m0/s1. The predicted octanol–water partition coefficient (Wildman–Crippen LogP) is 3.82. The number of ether oxygens (including phenoxy) is 1. The van der Waals surface area contributed by atoms with Crippen LogP contribution in [0.15, 0.2) is 29.6 Å².